The van der Waals surface area contributed by atoms with Gasteiger partial charge in [-0.1, -0.05) is 36.4 Å². The Morgan fingerprint density at radius 2 is 0.833 bits per heavy atom. The predicted octanol–water partition coefficient (Wildman–Crippen LogP) is 1.72. The number of nitrogen functional groups attached to an aromatic ring is 2. The van der Waals surface area contributed by atoms with E-state index in [9.17, 15) is 0 Å². The fraction of sp³-hybridized carbons (Fsp3) is 0. The Bertz CT molecular complexity index is 443. The molecule has 0 aliphatic carbocycles. The van der Waals surface area contributed by atoms with Gasteiger partial charge in [0.1, 0.15) is 0 Å². The van der Waals surface area contributed by atoms with E-state index in [4.69, 9.17) is 11.5 Å². The Balaban J connectivity index is 0.00000144. The van der Waals surface area contributed by atoms with Crippen molar-refractivity contribution in [2.45, 2.75) is 0 Å². The quantitative estimate of drug-likeness (QED) is 0.489. The van der Waals surface area contributed by atoms with Crippen molar-refractivity contribution in [2.75, 3.05) is 11.5 Å². The number of hydrogen-bond donors (Lipinski definition) is 2. The summed E-state index contributed by atoms with van der Waals surface area (Å²) >= 11 is 0. The summed E-state index contributed by atoms with van der Waals surface area (Å²) in [5.41, 5.74) is 15.1. The number of rotatable bonds is 2. The SMILES string of the molecule is Nc1ccc(/C=C/c2ccc(N)cc2)cc1.[NaH].[NaH]. The molecule has 0 aliphatic rings. The predicted molar refractivity (Wildman–Crippen MR) is 84.9 cm³/mol. The molecule has 84 valence electrons. The van der Waals surface area contributed by atoms with E-state index in [0.29, 0.717) is 0 Å². The molecule has 0 aromatic heterocycles. The van der Waals surface area contributed by atoms with Crippen LogP contribution in [0.1, 0.15) is 11.1 Å². The molecule has 0 spiro atoms. The summed E-state index contributed by atoms with van der Waals surface area (Å²) in [6.07, 6.45) is 4.09. The fourth-order valence-corrected chi connectivity index (χ4v) is 1.41. The first kappa shape index (κ1) is 17.8. The zero-order valence-electron chi connectivity index (χ0n) is 8.93. The van der Waals surface area contributed by atoms with Gasteiger partial charge in [0, 0.05) is 11.4 Å². The van der Waals surface area contributed by atoms with Gasteiger partial charge in [0.25, 0.3) is 0 Å². The van der Waals surface area contributed by atoms with E-state index in [1.54, 1.807) is 0 Å². The molecule has 0 atom stereocenters. The monoisotopic (exact) mass is 258 g/mol. The van der Waals surface area contributed by atoms with Crippen LogP contribution >= 0.6 is 0 Å². The Labute approximate surface area is 152 Å². The zero-order chi connectivity index (χ0) is 11.4. The summed E-state index contributed by atoms with van der Waals surface area (Å²) in [5.74, 6) is 0. The first-order valence-electron chi connectivity index (χ1n) is 5.13. The molecule has 0 fully saturated rings. The molecule has 2 aromatic rings. The van der Waals surface area contributed by atoms with E-state index in [1.165, 1.54) is 0 Å². The zero-order valence-corrected chi connectivity index (χ0v) is 8.93. The van der Waals surface area contributed by atoms with Crippen LogP contribution in [0.4, 0.5) is 11.4 Å². The van der Waals surface area contributed by atoms with Crippen LogP contribution in [0.15, 0.2) is 48.5 Å². The molecule has 0 aliphatic heterocycles. The molecule has 0 saturated heterocycles. The molecule has 4 N–H and O–H groups in total. The van der Waals surface area contributed by atoms with Crippen LogP contribution in [0.3, 0.4) is 0 Å². The third-order valence-electron chi connectivity index (χ3n) is 2.34. The summed E-state index contributed by atoms with van der Waals surface area (Å²) in [7, 11) is 0. The summed E-state index contributed by atoms with van der Waals surface area (Å²) in [6.45, 7) is 0. The van der Waals surface area contributed by atoms with Crippen molar-refractivity contribution in [3.05, 3.63) is 59.7 Å². The second kappa shape index (κ2) is 8.81. The van der Waals surface area contributed by atoms with Crippen LogP contribution in [-0.4, -0.2) is 59.1 Å². The van der Waals surface area contributed by atoms with Gasteiger partial charge in [-0.15, -0.1) is 0 Å². The molecule has 0 saturated carbocycles. The summed E-state index contributed by atoms with van der Waals surface area (Å²) in [6, 6.07) is 15.5. The van der Waals surface area contributed by atoms with Crippen LogP contribution in [0, 0.1) is 0 Å². The van der Waals surface area contributed by atoms with Gasteiger partial charge in [0.05, 0.1) is 0 Å². The van der Waals surface area contributed by atoms with E-state index < -0.39 is 0 Å². The van der Waals surface area contributed by atoms with Gasteiger partial charge in [0.15, 0.2) is 0 Å². The molecular weight excluding hydrogens is 242 g/mol. The molecule has 4 heteroatoms. The summed E-state index contributed by atoms with van der Waals surface area (Å²) in [4.78, 5) is 0. The van der Waals surface area contributed by atoms with Crippen molar-refractivity contribution < 1.29 is 0 Å². The van der Waals surface area contributed by atoms with Gasteiger partial charge in [-0.2, -0.15) is 0 Å². The van der Waals surface area contributed by atoms with Crippen molar-refractivity contribution in [3.8, 4) is 0 Å². The van der Waals surface area contributed by atoms with E-state index >= 15 is 0 Å². The van der Waals surface area contributed by atoms with Gasteiger partial charge in [-0.05, 0) is 35.4 Å². The molecule has 2 aromatic carbocycles. The number of anilines is 2. The molecule has 0 unspecified atom stereocenters. The Morgan fingerprint density at radius 3 is 1.11 bits per heavy atom. The Kier molecular flexibility index (Phi) is 8.70. The third-order valence-corrected chi connectivity index (χ3v) is 2.34. The Morgan fingerprint density at radius 1 is 0.556 bits per heavy atom. The van der Waals surface area contributed by atoms with Crippen LogP contribution in [0.5, 0.6) is 0 Å². The number of hydrogen-bond acceptors (Lipinski definition) is 2. The maximum absolute atomic E-state index is 5.61. The van der Waals surface area contributed by atoms with Gasteiger partial charge in [-0.3, -0.25) is 0 Å². The molecular formula is C14H16N2Na2. The van der Waals surface area contributed by atoms with Crippen molar-refractivity contribution in [1.82, 2.24) is 0 Å². The first-order chi connectivity index (χ1) is 7.74. The minimum absolute atomic E-state index is 0. The average Bonchev–Trinajstić information content (AvgIpc) is 2.30. The molecule has 0 amide bonds. The van der Waals surface area contributed by atoms with Crippen molar-refractivity contribution in [2.24, 2.45) is 0 Å². The molecule has 2 rings (SSSR count). The van der Waals surface area contributed by atoms with Crippen molar-refractivity contribution in [3.63, 3.8) is 0 Å². The van der Waals surface area contributed by atoms with Crippen LogP contribution in [0.25, 0.3) is 12.2 Å². The second-order valence-corrected chi connectivity index (χ2v) is 3.67. The second-order valence-electron chi connectivity index (χ2n) is 3.67. The van der Waals surface area contributed by atoms with Gasteiger partial charge < -0.3 is 11.5 Å². The van der Waals surface area contributed by atoms with Gasteiger partial charge >= 0.3 is 59.1 Å². The third kappa shape index (κ3) is 5.61. The molecule has 0 heterocycles. The van der Waals surface area contributed by atoms with Gasteiger partial charge in [-0.25, -0.2) is 0 Å². The standard InChI is InChI=1S/C14H14N2.2Na.2H/c15-13-7-3-11(4-8-13)1-2-12-5-9-14(16)10-6-12;;;;/h1-10H,15-16H2;;;;/b2-1+;;;;. The van der Waals surface area contributed by atoms with Crippen LogP contribution in [0.2, 0.25) is 0 Å². The summed E-state index contributed by atoms with van der Waals surface area (Å²) < 4.78 is 0. The van der Waals surface area contributed by atoms with E-state index in [-0.39, 0.29) is 59.1 Å². The molecule has 0 bridgehead atoms. The minimum atomic E-state index is 0. The van der Waals surface area contributed by atoms with Crippen LogP contribution < -0.4 is 11.5 Å². The van der Waals surface area contributed by atoms with Gasteiger partial charge in [0.2, 0.25) is 0 Å². The number of benzene rings is 2. The number of nitrogens with two attached hydrogens (primary N) is 2. The van der Waals surface area contributed by atoms with Crippen molar-refractivity contribution >= 4 is 82.6 Å². The Hall–Kier alpha value is -0.220. The van der Waals surface area contributed by atoms with E-state index in [2.05, 4.69) is 0 Å². The first-order valence-corrected chi connectivity index (χ1v) is 5.13. The fourth-order valence-electron chi connectivity index (χ4n) is 1.41. The molecule has 2 nitrogen and oxygen atoms in total. The normalized spacial score (nSPS) is 9.56. The summed E-state index contributed by atoms with van der Waals surface area (Å²) in [5, 5.41) is 0. The van der Waals surface area contributed by atoms with Crippen LogP contribution in [-0.2, 0) is 0 Å². The van der Waals surface area contributed by atoms with Crippen molar-refractivity contribution in [1.29, 1.82) is 0 Å². The van der Waals surface area contributed by atoms with E-state index in [1.807, 2.05) is 60.7 Å². The topological polar surface area (TPSA) is 52.0 Å². The molecule has 18 heavy (non-hydrogen) atoms. The van der Waals surface area contributed by atoms with E-state index in [0.717, 1.165) is 22.5 Å². The maximum atomic E-state index is 5.61. The average molecular weight is 258 g/mol. The molecule has 0 radical (unpaired) electrons.